The van der Waals surface area contributed by atoms with E-state index in [4.69, 9.17) is 14.2 Å². The van der Waals surface area contributed by atoms with Gasteiger partial charge in [0.15, 0.2) is 11.5 Å². The van der Waals surface area contributed by atoms with Crippen molar-refractivity contribution < 1.29 is 27.4 Å². The predicted molar refractivity (Wildman–Crippen MR) is 88.8 cm³/mol. The molecular weight excluding hydrogens is 336 g/mol. The number of rotatable bonds is 9. The third kappa shape index (κ3) is 5.08. The maximum atomic E-state index is 12.6. The molecule has 9 heteroatoms. The molecular formula is C15H24N2O6S. The maximum absolute atomic E-state index is 12.6. The number of carbonyl (C=O) groups is 1. The standard InChI is InChI=1S/C15H24N2O6S/c1-11(10-21-3)16-15(18)9-17(2)24(19,20)12-6-7-13(22-4)14(8-12)23-5/h6-8,11H,9-10H2,1-5H3,(H,16,18)/t11-/m1/s1. The van der Waals surface area contributed by atoms with Crippen LogP contribution >= 0.6 is 0 Å². The number of hydrogen-bond acceptors (Lipinski definition) is 6. The SMILES string of the molecule is COC[C@@H](C)NC(=O)CN(C)S(=O)(=O)c1ccc(OC)c(OC)c1. The van der Waals surface area contributed by atoms with Crippen LogP contribution in [0.2, 0.25) is 0 Å². The van der Waals surface area contributed by atoms with Crippen LogP contribution in [0.25, 0.3) is 0 Å². The van der Waals surface area contributed by atoms with E-state index in [1.807, 2.05) is 0 Å². The van der Waals surface area contributed by atoms with Crippen molar-refractivity contribution in [3.8, 4) is 11.5 Å². The fourth-order valence-electron chi connectivity index (χ4n) is 2.06. The summed E-state index contributed by atoms with van der Waals surface area (Å²) in [6, 6.07) is 4.05. The second-order valence-corrected chi connectivity index (χ2v) is 7.25. The van der Waals surface area contributed by atoms with Crippen LogP contribution in [-0.2, 0) is 19.6 Å². The van der Waals surface area contributed by atoms with Crippen molar-refractivity contribution in [2.75, 3.05) is 41.5 Å². The highest BCUT2D eigenvalue weighted by atomic mass is 32.2. The monoisotopic (exact) mass is 360 g/mol. The zero-order chi connectivity index (χ0) is 18.3. The molecule has 1 N–H and O–H groups in total. The van der Waals surface area contributed by atoms with Gasteiger partial charge in [-0.05, 0) is 19.1 Å². The summed E-state index contributed by atoms with van der Waals surface area (Å²) in [5, 5.41) is 2.66. The van der Waals surface area contributed by atoms with Gasteiger partial charge < -0.3 is 19.5 Å². The zero-order valence-corrected chi connectivity index (χ0v) is 15.3. The predicted octanol–water partition coefficient (Wildman–Crippen LogP) is 0.475. The number of nitrogens with one attached hydrogen (secondary N) is 1. The van der Waals surface area contributed by atoms with Crippen LogP contribution in [0.4, 0.5) is 0 Å². The fraction of sp³-hybridized carbons (Fsp3) is 0.533. The number of carbonyl (C=O) groups excluding carboxylic acids is 1. The van der Waals surface area contributed by atoms with Crippen LogP contribution in [0.3, 0.4) is 0 Å². The lowest BCUT2D eigenvalue weighted by Crippen LogP contribution is -2.43. The lowest BCUT2D eigenvalue weighted by molar-refractivity contribution is -0.122. The molecule has 0 aliphatic carbocycles. The van der Waals surface area contributed by atoms with Crippen molar-refractivity contribution in [2.24, 2.45) is 0 Å². The Labute approximate surface area is 142 Å². The largest absolute Gasteiger partial charge is 0.493 e. The molecule has 0 spiro atoms. The van der Waals surface area contributed by atoms with Crippen LogP contribution < -0.4 is 14.8 Å². The zero-order valence-electron chi connectivity index (χ0n) is 14.5. The summed E-state index contributed by atoms with van der Waals surface area (Å²) >= 11 is 0. The Hall–Kier alpha value is -1.84. The topological polar surface area (TPSA) is 94.2 Å². The Morgan fingerprint density at radius 1 is 1.21 bits per heavy atom. The molecule has 0 aliphatic rings. The van der Waals surface area contributed by atoms with Gasteiger partial charge in [-0.2, -0.15) is 4.31 Å². The minimum Gasteiger partial charge on any atom is -0.493 e. The van der Waals surface area contributed by atoms with E-state index in [2.05, 4.69) is 5.32 Å². The van der Waals surface area contributed by atoms with Gasteiger partial charge >= 0.3 is 0 Å². The van der Waals surface area contributed by atoms with Gasteiger partial charge in [0.2, 0.25) is 15.9 Å². The van der Waals surface area contributed by atoms with Crippen molar-refractivity contribution in [1.29, 1.82) is 0 Å². The molecule has 1 aromatic carbocycles. The van der Waals surface area contributed by atoms with E-state index in [1.165, 1.54) is 46.6 Å². The number of likely N-dealkylation sites (N-methyl/N-ethyl adjacent to an activating group) is 1. The summed E-state index contributed by atoms with van der Waals surface area (Å²) in [4.78, 5) is 11.9. The Morgan fingerprint density at radius 2 is 1.83 bits per heavy atom. The van der Waals surface area contributed by atoms with E-state index < -0.39 is 15.9 Å². The van der Waals surface area contributed by atoms with E-state index in [0.29, 0.717) is 18.1 Å². The van der Waals surface area contributed by atoms with Crippen molar-refractivity contribution in [3.63, 3.8) is 0 Å². The second kappa shape index (κ2) is 8.86. The number of amides is 1. The number of sulfonamides is 1. The Kier molecular flexibility index (Phi) is 7.46. The van der Waals surface area contributed by atoms with Gasteiger partial charge in [0.1, 0.15) is 0 Å². The van der Waals surface area contributed by atoms with Crippen LogP contribution in [0.5, 0.6) is 11.5 Å². The molecule has 1 aromatic rings. The quantitative estimate of drug-likeness (QED) is 0.688. The van der Waals surface area contributed by atoms with Crippen LogP contribution in [0.1, 0.15) is 6.92 Å². The summed E-state index contributed by atoms with van der Waals surface area (Å²) < 4.78 is 41.2. The molecule has 0 saturated carbocycles. The molecule has 1 rings (SSSR count). The van der Waals surface area contributed by atoms with E-state index in [0.717, 1.165) is 4.31 Å². The van der Waals surface area contributed by atoms with Crippen LogP contribution in [0.15, 0.2) is 23.1 Å². The highest BCUT2D eigenvalue weighted by Gasteiger charge is 2.24. The van der Waals surface area contributed by atoms with Gasteiger partial charge in [0.05, 0.1) is 32.3 Å². The molecule has 0 saturated heterocycles. The van der Waals surface area contributed by atoms with E-state index >= 15 is 0 Å². The Morgan fingerprint density at radius 3 is 2.38 bits per heavy atom. The van der Waals surface area contributed by atoms with Gasteiger partial charge in [-0.15, -0.1) is 0 Å². The number of nitrogens with zero attached hydrogens (tertiary/aromatic N) is 1. The molecule has 0 unspecified atom stereocenters. The first-order chi connectivity index (χ1) is 11.3. The van der Waals surface area contributed by atoms with Crippen molar-refractivity contribution in [2.45, 2.75) is 17.9 Å². The van der Waals surface area contributed by atoms with E-state index in [-0.39, 0.29) is 17.5 Å². The molecule has 0 aromatic heterocycles. The highest BCUT2D eigenvalue weighted by Crippen LogP contribution is 2.30. The second-order valence-electron chi connectivity index (χ2n) is 5.20. The molecule has 136 valence electrons. The molecule has 1 amide bonds. The summed E-state index contributed by atoms with van der Waals surface area (Å²) in [5.74, 6) is 0.307. The molecule has 0 heterocycles. The molecule has 24 heavy (non-hydrogen) atoms. The molecule has 0 fully saturated rings. The Balaban J connectivity index is 2.89. The first-order valence-corrected chi connectivity index (χ1v) is 8.67. The van der Waals surface area contributed by atoms with Crippen molar-refractivity contribution >= 4 is 15.9 Å². The third-order valence-corrected chi connectivity index (χ3v) is 5.05. The summed E-state index contributed by atoms with van der Waals surface area (Å²) in [6.45, 7) is 1.81. The van der Waals surface area contributed by atoms with E-state index in [9.17, 15) is 13.2 Å². The van der Waals surface area contributed by atoms with Crippen LogP contribution in [-0.4, -0.2) is 66.2 Å². The number of hydrogen-bond donors (Lipinski definition) is 1. The first kappa shape index (κ1) is 20.2. The molecule has 0 bridgehead atoms. The normalized spacial score (nSPS) is 12.8. The average molecular weight is 360 g/mol. The summed E-state index contributed by atoms with van der Waals surface area (Å²) in [7, 11) is 1.91. The smallest absolute Gasteiger partial charge is 0.243 e. The maximum Gasteiger partial charge on any atom is 0.243 e. The Bertz CT molecular complexity index is 662. The first-order valence-electron chi connectivity index (χ1n) is 7.23. The van der Waals surface area contributed by atoms with Crippen LogP contribution in [0, 0.1) is 0 Å². The number of ether oxygens (including phenoxy) is 3. The minimum atomic E-state index is -3.83. The molecule has 0 radical (unpaired) electrons. The van der Waals surface area contributed by atoms with Crippen molar-refractivity contribution in [3.05, 3.63) is 18.2 Å². The highest BCUT2D eigenvalue weighted by molar-refractivity contribution is 7.89. The lowest BCUT2D eigenvalue weighted by atomic mass is 10.3. The van der Waals surface area contributed by atoms with Gasteiger partial charge in [-0.1, -0.05) is 0 Å². The summed E-state index contributed by atoms with van der Waals surface area (Å²) in [5.41, 5.74) is 0. The average Bonchev–Trinajstić information content (AvgIpc) is 2.53. The van der Waals surface area contributed by atoms with Gasteiger partial charge in [0.25, 0.3) is 0 Å². The minimum absolute atomic E-state index is 0.0142. The number of benzene rings is 1. The lowest BCUT2D eigenvalue weighted by Gasteiger charge is -2.19. The third-order valence-electron chi connectivity index (χ3n) is 3.25. The molecule has 0 aliphatic heterocycles. The summed E-state index contributed by atoms with van der Waals surface area (Å²) in [6.07, 6.45) is 0. The number of methoxy groups -OCH3 is 3. The van der Waals surface area contributed by atoms with Gasteiger partial charge in [-0.3, -0.25) is 4.79 Å². The molecule has 1 atom stereocenters. The fourth-order valence-corrected chi connectivity index (χ4v) is 3.20. The van der Waals surface area contributed by atoms with E-state index in [1.54, 1.807) is 6.92 Å². The van der Waals surface area contributed by atoms with Crippen molar-refractivity contribution in [1.82, 2.24) is 9.62 Å². The van der Waals surface area contributed by atoms with Gasteiger partial charge in [-0.25, -0.2) is 8.42 Å². The molecule has 8 nitrogen and oxygen atoms in total. The van der Waals surface area contributed by atoms with Gasteiger partial charge in [0, 0.05) is 26.3 Å².